The third-order valence-corrected chi connectivity index (χ3v) is 2.86. The minimum absolute atomic E-state index is 0.0599. The number of hydrogen-bond donors (Lipinski definition) is 2. The summed E-state index contributed by atoms with van der Waals surface area (Å²) in [5.74, 6) is 0.618. The molecule has 20 heavy (non-hydrogen) atoms. The number of carbonyl (C=O) groups is 1. The van der Waals surface area contributed by atoms with Gasteiger partial charge in [-0.2, -0.15) is 5.10 Å². The van der Waals surface area contributed by atoms with E-state index in [0.717, 1.165) is 5.76 Å². The van der Waals surface area contributed by atoms with E-state index in [1.165, 1.54) is 18.2 Å². The van der Waals surface area contributed by atoms with E-state index < -0.39 is 5.91 Å². The van der Waals surface area contributed by atoms with Gasteiger partial charge in [0.1, 0.15) is 23.0 Å². The molecule has 0 aliphatic carbocycles. The molecule has 1 aromatic carbocycles. The summed E-state index contributed by atoms with van der Waals surface area (Å²) < 4.78 is 5.37. The molecule has 1 amide bonds. The predicted octanol–water partition coefficient (Wildman–Crippen LogP) is 3.10. The topological polar surface area (TPSA) is 74.8 Å². The van der Waals surface area contributed by atoms with Crippen LogP contribution in [0.5, 0.6) is 5.75 Å². The molecule has 0 saturated heterocycles. The van der Waals surface area contributed by atoms with Gasteiger partial charge in [0.25, 0.3) is 5.91 Å². The molecule has 2 aromatic rings. The van der Waals surface area contributed by atoms with E-state index >= 15 is 0 Å². The normalized spacial score (nSPS) is 11.4. The van der Waals surface area contributed by atoms with Gasteiger partial charge in [-0.05, 0) is 44.2 Å². The van der Waals surface area contributed by atoms with Gasteiger partial charge < -0.3 is 9.52 Å². The number of benzene rings is 1. The molecule has 1 aromatic heterocycles. The summed E-state index contributed by atoms with van der Waals surface area (Å²) in [7, 11) is 0. The predicted molar refractivity (Wildman–Crippen MR) is 76.2 cm³/mol. The smallest absolute Gasteiger partial charge is 0.275 e. The van der Waals surface area contributed by atoms with Crippen molar-refractivity contribution in [1.82, 2.24) is 5.43 Å². The number of hydrazone groups is 1. The van der Waals surface area contributed by atoms with Gasteiger partial charge >= 0.3 is 0 Å². The highest BCUT2D eigenvalue weighted by Gasteiger charge is 2.11. The summed E-state index contributed by atoms with van der Waals surface area (Å²) in [4.78, 5) is 11.9. The second kappa shape index (κ2) is 5.79. The quantitative estimate of drug-likeness (QED) is 0.674. The molecule has 0 aliphatic rings. The maximum Gasteiger partial charge on any atom is 0.275 e. The lowest BCUT2D eigenvalue weighted by atomic mass is 10.2. The molecule has 0 bridgehead atoms. The van der Waals surface area contributed by atoms with Crippen molar-refractivity contribution in [1.29, 1.82) is 0 Å². The van der Waals surface area contributed by atoms with Gasteiger partial charge in [0, 0.05) is 5.02 Å². The number of phenolic OH excluding ortho intramolecular Hbond substituents is 1. The van der Waals surface area contributed by atoms with Crippen molar-refractivity contribution < 1.29 is 14.3 Å². The lowest BCUT2D eigenvalue weighted by Gasteiger charge is -2.04. The first kappa shape index (κ1) is 14.1. The van der Waals surface area contributed by atoms with E-state index in [0.29, 0.717) is 16.5 Å². The van der Waals surface area contributed by atoms with Crippen LogP contribution in [-0.2, 0) is 0 Å². The SMILES string of the molecule is C/C(=N\NC(=O)c1cc(Cl)ccc1O)c1ccc(C)o1. The Hall–Kier alpha value is -2.27. The zero-order chi connectivity index (χ0) is 14.7. The molecule has 0 atom stereocenters. The second-order valence-corrected chi connectivity index (χ2v) is 4.65. The molecule has 2 N–H and O–H groups in total. The van der Waals surface area contributed by atoms with Crippen LogP contribution in [0.1, 0.15) is 28.8 Å². The van der Waals surface area contributed by atoms with Crippen molar-refractivity contribution in [2.24, 2.45) is 5.10 Å². The first-order valence-corrected chi connectivity index (χ1v) is 6.25. The Morgan fingerprint density at radius 3 is 2.75 bits per heavy atom. The Balaban J connectivity index is 2.14. The van der Waals surface area contributed by atoms with Crippen molar-refractivity contribution in [3.8, 4) is 5.75 Å². The number of nitrogens with zero attached hydrogens (tertiary/aromatic N) is 1. The number of phenols is 1. The van der Waals surface area contributed by atoms with Crippen molar-refractivity contribution in [3.05, 3.63) is 52.4 Å². The Morgan fingerprint density at radius 2 is 2.10 bits per heavy atom. The van der Waals surface area contributed by atoms with E-state index in [9.17, 15) is 9.90 Å². The van der Waals surface area contributed by atoms with Crippen LogP contribution in [0.25, 0.3) is 0 Å². The molecule has 6 heteroatoms. The first-order valence-electron chi connectivity index (χ1n) is 5.87. The zero-order valence-electron chi connectivity index (χ0n) is 11.0. The number of aromatic hydroxyl groups is 1. The molecule has 0 fully saturated rings. The highest BCUT2D eigenvalue weighted by molar-refractivity contribution is 6.31. The van der Waals surface area contributed by atoms with E-state index in [2.05, 4.69) is 10.5 Å². The third kappa shape index (κ3) is 3.19. The largest absolute Gasteiger partial charge is 0.507 e. The number of halogens is 1. The first-order chi connectivity index (χ1) is 9.47. The number of nitrogens with one attached hydrogen (secondary N) is 1. The maximum atomic E-state index is 11.9. The number of amides is 1. The van der Waals surface area contributed by atoms with Crippen molar-refractivity contribution in [2.75, 3.05) is 0 Å². The summed E-state index contributed by atoms with van der Waals surface area (Å²) in [6.07, 6.45) is 0. The number of aryl methyl sites for hydroxylation is 1. The molecule has 5 nitrogen and oxygen atoms in total. The van der Waals surface area contributed by atoms with E-state index in [4.69, 9.17) is 16.0 Å². The van der Waals surface area contributed by atoms with Crippen LogP contribution in [0, 0.1) is 6.92 Å². The van der Waals surface area contributed by atoms with Crippen molar-refractivity contribution in [2.45, 2.75) is 13.8 Å². The molecule has 104 valence electrons. The molecular weight excluding hydrogens is 280 g/mol. The van der Waals surface area contributed by atoms with Crippen LogP contribution in [0.4, 0.5) is 0 Å². The Bertz CT molecular complexity index is 677. The highest BCUT2D eigenvalue weighted by atomic mass is 35.5. The van der Waals surface area contributed by atoms with Crippen LogP contribution in [0.2, 0.25) is 5.02 Å². The second-order valence-electron chi connectivity index (χ2n) is 4.21. The summed E-state index contributed by atoms with van der Waals surface area (Å²) >= 11 is 5.78. The average Bonchev–Trinajstić information content (AvgIpc) is 2.85. The van der Waals surface area contributed by atoms with Crippen LogP contribution in [-0.4, -0.2) is 16.7 Å². The fourth-order valence-corrected chi connectivity index (χ4v) is 1.74. The standard InChI is InChI=1S/C14H13ClN2O3/c1-8-3-6-13(20-8)9(2)16-17-14(19)11-7-10(15)4-5-12(11)18/h3-7,18H,1-2H3,(H,17,19)/b16-9+. The van der Waals surface area contributed by atoms with E-state index in [1.54, 1.807) is 19.1 Å². The van der Waals surface area contributed by atoms with Gasteiger partial charge in [0.2, 0.25) is 0 Å². The molecule has 2 rings (SSSR count). The highest BCUT2D eigenvalue weighted by Crippen LogP contribution is 2.21. The Labute approximate surface area is 120 Å². The zero-order valence-corrected chi connectivity index (χ0v) is 11.7. The molecule has 0 radical (unpaired) electrons. The monoisotopic (exact) mass is 292 g/mol. The van der Waals surface area contributed by atoms with Gasteiger partial charge in [-0.1, -0.05) is 11.6 Å². The number of rotatable bonds is 3. The lowest BCUT2D eigenvalue weighted by molar-refractivity contribution is 0.0952. The van der Waals surface area contributed by atoms with Gasteiger partial charge in [0.15, 0.2) is 0 Å². The van der Waals surface area contributed by atoms with Crippen LogP contribution >= 0.6 is 11.6 Å². The van der Waals surface area contributed by atoms with Crippen molar-refractivity contribution >= 4 is 23.2 Å². The molecule has 0 spiro atoms. The maximum absolute atomic E-state index is 11.9. The fourth-order valence-electron chi connectivity index (χ4n) is 1.57. The van der Waals surface area contributed by atoms with E-state index in [-0.39, 0.29) is 11.3 Å². The van der Waals surface area contributed by atoms with Gasteiger partial charge in [-0.15, -0.1) is 0 Å². The minimum atomic E-state index is -0.548. The summed E-state index contributed by atoms with van der Waals surface area (Å²) in [5, 5.41) is 13.9. The number of furan rings is 1. The van der Waals surface area contributed by atoms with E-state index in [1.807, 2.05) is 6.92 Å². The fraction of sp³-hybridized carbons (Fsp3) is 0.143. The molecule has 0 unspecified atom stereocenters. The molecule has 1 heterocycles. The molecular formula is C14H13ClN2O3. The molecule has 0 saturated carbocycles. The van der Waals surface area contributed by atoms with Crippen LogP contribution < -0.4 is 5.43 Å². The minimum Gasteiger partial charge on any atom is -0.507 e. The van der Waals surface area contributed by atoms with Crippen LogP contribution in [0.3, 0.4) is 0 Å². The third-order valence-electron chi connectivity index (χ3n) is 2.63. The number of hydrogen-bond acceptors (Lipinski definition) is 4. The summed E-state index contributed by atoms with van der Waals surface area (Å²) in [6, 6.07) is 7.78. The Kier molecular flexibility index (Phi) is 4.10. The van der Waals surface area contributed by atoms with Crippen molar-refractivity contribution in [3.63, 3.8) is 0 Å². The number of carbonyl (C=O) groups excluding carboxylic acids is 1. The van der Waals surface area contributed by atoms with Gasteiger partial charge in [-0.3, -0.25) is 4.79 Å². The van der Waals surface area contributed by atoms with Gasteiger partial charge in [0.05, 0.1) is 5.56 Å². The Morgan fingerprint density at radius 1 is 1.35 bits per heavy atom. The average molecular weight is 293 g/mol. The summed E-state index contributed by atoms with van der Waals surface area (Å²) in [5.41, 5.74) is 2.93. The molecule has 0 aliphatic heterocycles. The lowest BCUT2D eigenvalue weighted by Crippen LogP contribution is -2.19. The van der Waals surface area contributed by atoms with Gasteiger partial charge in [-0.25, -0.2) is 5.43 Å². The summed E-state index contributed by atoms with van der Waals surface area (Å²) in [6.45, 7) is 3.52. The van der Waals surface area contributed by atoms with Crippen LogP contribution in [0.15, 0.2) is 39.9 Å².